The average molecular weight is 373 g/mol. The second-order valence-corrected chi connectivity index (χ2v) is 6.37. The van der Waals surface area contributed by atoms with Gasteiger partial charge in [-0.2, -0.15) is 0 Å². The number of nitrogens with zero attached hydrogens (tertiary/aromatic N) is 1. The first-order chi connectivity index (χ1) is 13.7. The molecule has 6 heteroatoms. The zero-order chi connectivity index (χ0) is 19.3. The van der Waals surface area contributed by atoms with Crippen molar-refractivity contribution in [1.29, 1.82) is 0 Å². The fourth-order valence-electron chi connectivity index (χ4n) is 3.12. The van der Waals surface area contributed by atoms with E-state index in [0.29, 0.717) is 12.2 Å². The van der Waals surface area contributed by atoms with Crippen molar-refractivity contribution in [2.45, 2.75) is 12.5 Å². The number of nitrogens with two attached hydrogens (primary N) is 1. The van der Waals surface area contributed by atoms with E-state index in [1.807, 2.05) is 60.7 Å². The number of furan rings is 1. The van der Waals surface area contributed by atoms with Crippen molar-refractivity contribution in [2.24, 2.45) is 0 Å². The van der Waals surface area contributed by atoms with Crippen LogP contribution in [0.1, 0.15) is 27.5 Å². The molecular weight excluding hydrogens is 354 g/mol. The maximum Gasteiger partial charge on any atom is 0.259 e. The summed E-state index contributed by atoms with van der Waals surface area (Å²) in [6.45, 7) is 0. The quantitative estimate of drug-likeness (QED) is 0.527. The van der Waals surface area contributed by atoms with E-state index in [4.69, 9.17) is 14.7 Å². The van der Waals surface area contributed by atoms with E-state index in [9.17, 15) is 4.79 Å². The number of carbonyl (C=O) groups is 1. The minimum Gasteiger partial charge on any atom is -0.463 e. The van der Waals surface area contributed by atoms with Gasteiger partial charge in [-0.3, -0.25) is 4.79 Å². The van der Waals surface area contributed by atoms with Crippen LogP contribution in [0.15, 0.2) is 88.0 Å². The maximum absolute atomic E-state index is 13.1. The van der Waals surface area contributed by atoms with Gasteiger partial charge in [-0.15, -0.1) is 0 Å². The summed E-state index contributed by atoms with van der Waals surface area (Å²) in [4.78, 5) is 13.1. The van der Waals surface area contributed by atoms with Gasteiger partial charge in [-0.05, 0) is 29.7 Å². The van der Waals surface area contributed by atoms with E-state index >= 15 is 0 Å². The van der Waals surface area contributed by atoms with Gasteiger partial charge in [0.2, 0.25) is 5.88 Å². The van der Waals surface area contributed by atoms with Crippen molar-refractivity contribution < 1.29 is 13.7 Å². The number of carbonyl (C=O) groups excluding carboxylic acids is 1. The molecule has 1 atom stereocenters. The molecule has 4 rings (SSSR count). The molecule has 2 heterocycles. The Morgan fingerprint density at radius 1 is 1.00 bits per heavy atom. The molecule has 28 heavy (non-hydrogen) atoms. The Morgan fingerprint density at radius 2 is 1.71 bits per heavy atom. The summed E-state index contributed by atoms with van der Waals surface area (Å²) in [5, 5.41) is 6.96. The number of hydrogen-bond donors (Lipinski definition) is 2. The number of hydrogen-bond acceptors (Lipinski definition) is 5. The molecule has 0 saturated heterocycles. The van der Waals surface area contributed by atoms with Crippen molar-refractivity contribution in [2.75, 3.05) is 5.73 Å². The first-order valence-corrected chi connectivity index (χ1v) is 8.91. The Morgan fingerprint density at radius 3 is 2.39 bits per heavy atom. The van der Waals surface area contributed by atoms with Crippen molar-refractivity contribution in [3.05, 3.63) is 95.7 Å². The van der Waals surface area contributed by atoms with Gasteiger partial charge < -0.3 is 20.0 Å². The van der Waals surface area contributed by atoms with Crippen LogP contribution in [-0.2, 0) is 6.42 Å². The summed E-state index contributed by atoms with van der Waals surface area (Å²) in [5.74, 6) is 0.00952. The van der Waals surface area contributed by atoms with Gasteiger partial charge in [0.1, 0.15) is 5.56 Å². The molecule has 4 aromatic rings. The Kier molecular flexibility index (Phi) is 4.93. The van der Waals surface area contributed by atoms with Crippen LogP contribution >= 0.6 is 0 Å². The minimum absolute atomic E-state index is 0.0459. The summed E-state index contributed by atoms with van der Waals surface area (Å²) in [6, 6.07) is 23.0. The lowest BCUT2D eigenvalue weighted by molar-refractivity contribution is 0.0937. The maximum atomic E-state index is 13.1. The van der Waals surface area contributed by atoms with Crippen LogP contribution in [0.2, 0.25) is 0 Å². The van der Waals surface area contributed by atoms with E-state index in [0.717, 1.165) is 11.1 Å². The fraction of sp³-hybridized carbons (Fsp3) is 0.0909. The molecule has 0 saturated carbocycles. The van der Waals surface area contributed by atoms with E-state index in [1.165, 1.54) is 6.26 Å². The van der Waals surface area contributed by atoms with Gasteiger partial charge in [0.25, 0.3) is 5.91 Å². The third-order valence-electron chi connectivity index (χ3n) is 4.49. The molecule has 3 N–H and O–H groups in total. The Bertz CT molecular complexity index is 1040. The fourth-order valence-corrected chi connectivity index (χ4v) is 3.12. The van der Waals surface area contributed by atoms with Crippen molar-refractivity contribution >= 4 is 11.8 Å². The van der Waals surface area contributed by atoms with Gasteiger partial charge in [0.15, 0.2) is 11.5 Å². The predicted octanol–water partition coefficient (Wildman–Crippen LogP) is 4.23. The molecule has 1 amide bonds. The van der Waals surface area contributed by atoms with Gasteiger partial charge in [0.05, 0.1) is 12.3 Å². The van der Waals surface area contributed by atoms with Crippen LogP contribution in [0.3, 0.4) is 0 Å². The molecule has 0 aliphatic heterocycles. The Labute approximate surface area is 162 Å². The predicted molar refractivity (Wildman–Crippen MR) is 105 cm³/mol. The minimum atomic E-state index is -0.366. The molecule has 0 aliphatic carbocycles. The Balaban J connectivity index is 1.64. The zero-order valence-corrected chi connectivity index (χ0v) is 15.0. The normalized spacial score (nSPS) is 11.9. The number of aromatic nitrogens is 1. The topological polar surface area (TPSA) is 94.3 Å². The number of anilines is 1. The van der Waals surface area contributed by atoms with Crippen molar-refractivity contribution in [1.82, 2.24) is 10.5 Å². The highest BCUT2D eigenvalue weighted by atomic mass is 16.5. The lowest BCUT2D eigenvalue weighted by Crippen LogP contribution is -2.30. The molecule has 2 aromatic heterocycles. The van der Waals surface area contributed by atoms with Crippen LogP contribution in [0.4, 0.5) is 5.88 Å². The van der Waals surface area contributed by atoms with Gasteiger partial charge in [-0.25, -0.2) is 0 Å². The second kappa shape index (κ2) is 7.84. The molecule has 0 aliphatic rings. The Hall–Kier alpha value is -3.80. The van der Waals surface area contributed by atoms with E-state index < -0.39 is 0 Å². The smallest absolute Gasteiger partial charge is 0.259 e. The van der Waals surface area contributed by atoms with Gasteiger partial charge in [-0.1, -0.05) is 65.8 Å². The van der Waals surface area contributed by atoms with Crippen molar-refractivity contribution in [3.63, 3.8) is 0 Å². The van der Waals surface area contributed by atoms with E-state index in [-0.39, 0.29) is 29.1 Å². The highest BCUT2D eigenvalue weighted by molar-refractivity contribution is 6.03. The summed E-state index contributed by atoms with van der Waals surface area (Å²) in [7, 11) is 0. The third kappa shape index (κ3) is 3.66. The number of nitrogens with one attached hydrogen (secondary N) is 1. The first-order valence-electron chi connectivity index (χ1n) is 8.91. The summed E-state index contributed by atoms with van der Waals surface area (Å²) in [6.07, 6.45) is 2.14. The average Bonchev–Trinajstić information content (AvgIpc) is 3.38. The zero-order valence-electron chi connectivity index (χ0n) is 15.0. The first kappa shape index (κ1) is 17.6. The second-order valence-electron chi connectivity index (χ2n) is 6.37. The number of rotatable bonds is 6. The van der Waals surface area contributed by atoms with E-state index in [2.05, 4.69) is 10.5 Å². The highest BCUT2D eigenvalue weighted by Crippen LogP contribution is 2.28. The largest absolute Gasteiger partial charge is 0.463 e. The van der Waals surface area contributed by atoms with Crippen LogP contribution in [0, 0.1) is 0 Å². The molecule has 140 valence electrons. The molecule has 0 radical (unpaired) electrons. The molecule has 0 spiro atoms. The third-order valence-corrected chi connectivity index (χ3v) is 4.49. The molecule has 2 aromatic carbocycles. The molecular formula is C22H19N3O3. The SMILES string of the molecule is Nc1onc(-c2ccco2)c1C(=O)NC(Cc1ccccc1)c1ccccc1. The van der Waals surface area contributed by atoms with E-state index in [1.54, 1.807) is 12.1 Å². The van der Waals surface area contributed by atoms with Crippen LogP contribution in [-0.4, -0.2) is 11.1 Å². The monoisotopic (exact) mass is 373 g/mol. The molecule has 0 bridgehead atoms. The molecule has 1 unspecified atom stereocenters. The lowest BCUT2D eigenvalue weighted by Gasteiger charge is -2.19. The van der Waals surface area contributed by atoms with Crippen LogP contribution < -0.4 is 11.1 Å². The summed E-state index contributed by atoms with van der Waals surface area (Å²) in [5.41, 5.74) is 8.44. The summed E-state index contributed by atoms with van der Waals surface area (Å²) >= 11 is 0. The van der Waals surface area contributed by atoms with Gasteiger partial charge in [0, 0.05) is 0 Å². The number of benzene rings is 2. The lowest BCUT2D eigenvalue weighted by atomic mass is 9.98. The highest BCUT2D eigenvalue weighted by Gasteiger charge is 2.26. The standard InChI is InChI=1S/C22H19N3O3/c23-21-19(20(25-28-21)18-12-7-13-27-18)22(26)24-17(16-10-5-2-6-11-16)14-15-8-3-1-4-9-15/h1-13,17H,14,23H2,(H,24,26). The number of nitrogen functional groups attached to an aromatic ring is 1. The van der Waals surface area contributed by atoms with Crippen LogP contribution in [0.25, 0.3) is 11.5 Å². The van der Waals surface area contributed by atoms with Crippen molar-refractivity contribution in [3.8, 4) is 11.5 Å². The summed E-state index contributed by atoms with van der Waals surface area (Å²) < 4.78 is 10.4. The van der Waals surface area contributed by atoms with Crippen LogP contribution in [0.5, 0.6) is 0 Å². The number of amides is 1. The molecule has 0 fully saturated rings. The molecule has 6 nitrogen and oxygen atoms in total. The van der Waals surface area contributed by atoms with Gasteiger partial charge >= 0.3 is 0 Å².